The molecule has 0 aromatic heterocycles. The average molecular weight is 878 g/mol. The number of hydrogen-bond donors (Lipinski definition) is 8. The molecule has 9 unspecified atom stereocenters. The van der Waals surface area contributed by atoms with Gasteiger partial charge in [-0.2, -0.15) is 0 Å². The molecular weight excluding hydrogens is 787 g/mol. The quantitative estimate of drug-likeness (QED) is 0.0218. The number of unbranched alkanes of at least 4 members (excludes halogenated alkanes) is 18. The number of hydrogen-bond acceptors (Lipinski definition) is 10. The van der Waals surface area contributed by atoms with Crippen molar-refractivity contribution < 1.29 is 50.0 Å². The van der Waals surface area contributed by atoms with E-state index in [0.29, 0.717) is 19.3 Å². The maximum atomic E-state index is 13.1. The number of aliphatic hydroxyl groups excluding tert-OH is 7. The van der Waals surface area contributed by atoms with Crippen LogP contribution in [0.25, 0.3) is 0 Å². The molecule has 0 saturated carbocycles. The number of ether oxygens (including phenoxy) is 2. The number of rotatable bonds is 40. The van der Waals surface area contributed by atoms with Crippen molar-refractivity contribution in [3.05, 3.63) is 60.8 Å². The van der Waals surface area contributed by atoms with Crippen molar-refractivity contribution in [2.24, 2.45) is 0 Å². The van der Waals surface area contributed by atoms with Crippen molar-refractivity contribution in [1.29, 1.82) is 0 Å². The van der Waals surface area contributed by atoms with Crippen LogP contribution in [0.2, 0.25) is 0 Å². The van der Waals surface area contributed by atoms with Crippen molar-refractivity contribution in [3.8, 4) is 0 Å². The zero-order chi connectivity index (χ0) is 45.5. The van der Waals surface area contributed by atoms with Gasteiger partial charge >= 0.3 is 0 Å². The summed E-state index contributed by atoms with van der Waals surface area (Å²) in [6.45, 7) is 3.29. The zero-order valence-corrected chi connectivity index (χ0v) is 38.8. The molecule has 8 N–H and O–H groups in total. The van der Waals surface area contributed by atoms with Crippen LogP contribution in [0.5, 0.6) is 0 Å². The van der Waals surface area contributed by atoms with E-state index in [1.165, 1.54) is 64.2 Å². The smallest absolute Gasteiger partial charge is 0.249 e. The zero-order valence-electron chi connectivity index (χ0n) is 38.8. The second-order valence-electron chi connectivity index (χ2n) is 17.1. The number of aliphatic hydroxyl groups is 7. The van der Waals surface area contributed by atoms with Gasteiger partial charge in [-0.1, -0.05) is 158 Å². The lowest BCUT2D eigenvalue weighted by Crippen LogP contribution is -2.60. The van der Waals surface area contributed by atoms with Crippen molar-refractivity contribution in [2.45, 2.75) is 242 Å². The van der Waals surface area contributed by atoms with Crippen LogP contribution in [-0.2, 0) is 14.3 Å². The van der Waals surface area contributed by atoms with E-state index in [9.17, 15) is 40.5 Å². The summed E-state index contributed by atoms with van der Waals surface area (Å²) in [5, 5.41) is 75.7. The molecule has 0 aliphatic carbocycles. The topological polar surface area (TPSA) is 189 Å². The van der Waals surface area contributed by atoms with E-state index in [1.54, 1.807) is 0 Å². The van der Waals surface area contributed by atoms with E-state index >= 15 is 0 Å². The fraction of sp³-hybridized carbons (Fsp3) is 0.784. The summed E-state index contributed by atoms with van der Waals surface area (Å²) in [5.41, 5.74) is 0. The molecule has 1 aliphatic heterocycles. The summed E-state index contributed by atoms with van der Waals surface area (Å²) in [4.78, 5) is 13.1. The molecule has 0 radical (unpaired) electrons. The molecule has 1 amide bonds. The monoisotopic (exact) mass is 878 g/mol. The second-order valence-corrected chi connectivity index (χ2v) is 17.1. The number of allylic oxidation sites excluding steroid dienone is 10. The van der Waals surface area contributed by atoms with Gasteiger partial charge in [0, 0.05) is 0 Å². The maximum absolute atomic E-state index is 13.1. The first-order chi connectivity index (χ1) is 30.2. The molecule has 1 saturated heterocycles. The first-order valence-corrected chi connectivity index (χ1v) is 24.7. The van der Waals surface area contributed by atoms with Crippen molar-refractivity contribution in [1.82, 2.24) is 5.32 Å². The fourth-order valence-electron chi connectivity index (χ4n) is 7.45. The summed E-state index contributed by atoms with van der Waals surface area (Å²) in [6.07, 6.45) is 38.5. The Hall–Kier alpha value is -2.19. The van der Waals surface area contributed by atoms with E-state index in [1.807, 2.05) is 6.08 Å². The highest BCUT2D eigenvalue weighted by molar-refractivity contribution is 5.80. The summed E-state index contributed by atoms with van der Waals surface area (Å²) >= 11 is 0. The highest BCUT2D eigenvalue weighted by atomic mass is 16.7. The molecule has 62 heavy (non-hydrogen) atoms. The Morgan fingerprint density at radius 1 is 0.581 bits per heavy atom. The molecule has 0 aromatic rings. The third kappa shape index (κ3) is 29.3. The van der Waals surface area contributed by atoms with Gasteiger partial charge in [0.15, 0.2) is 6.29 Å². The number of nitrogens with one attached hydrogen (secondary N) is 1. The van der Waals surface area contributed by atoms with Crippen LogP contribution in [0.3, 0.4) is 0 Å². The average Bonchev–Trinajstić information content (AvgIpc) is 3.27. The van der Waals surface area contributed by atoms with E-state index < -0.39 is 74.2 Å². The first kappa shape index (κ1) is 57.8. The Morgan fingerprint density at radius 3 is 1.61 bits per heavy atom. The van der Waals surface area contributed by atoms with Gasteiger partial charge in [0.1, 0.15) is 36.6 Å². The standard InChI is InChI=1S/C51H91NO10/c1-3-5-7-9-11-13-15-17-18-19-20-21-22-23-24-25-27-29-31-33-35-37-39-44(55)50(60)52-42(41-61-51-49(59)48(58)47(57)45(40-53)62-51)46(56)43(54)38-36-34-32-30-28-26-16-14-12-10-8-6-4-2/h6,8,14,16,20-21,23-24,30,32,42-49,51,53-59H,3-5,7,9-13,15,17-19,22,25-29,31,33-41H2,1-2H3,(H,52,60)/b8-6+,16-14+,21-20-,24-23-,32-30+. The molecule has 1 rings (SSSR count). The van der Waals surface area contributed by atoms with E-state index in [4.69, 9.17) is 9.47 Å². The molecule has 0 bridgehead atoms. The van der Waals surface area contributed by atoms with Crippen LogP contribution in [-0.4, -0.2) is 110 Å². The van der Waals surface area contributed by atoms with Crippen LogP contribution in [0, 0.1) is 0 Å². The van der Waals surface area contributed by atoms with Crippen molar-refractivity contribution >= 4 is 5.91 Å². The fourth-order valence-corrected chi connectivity index (χ4v) is 7.45. The molecule has 0 spiro atoms. The van der Waals surface area contributed by atoms with Gasteiger partial charge in [0.05, 0.1) is 25.4 Å². The first-order valence-electron chi connectivity index (χ1n) is 24.7. The minimum absolute atomic E-state index is 0.235. The van der Waals surface area contributed by atoms with Gasteiger partial charge in [0.25, 0.3) is 0 Å². The van der Waals surface area contributed by atoms with Gasteiger partial charge in [-0.15, -0.1) is 0 Å². The SMILES string of the molecule is CC/C=C/CC/C=C/CC/C=C/CCCC(O)C(O)C(COC1OC(CO)C(O)C(O)C1O)NC(=O)C(O)CCCCCCCC/C=C\C/C=C\CCCCCCCCCCC. The normalized spacial score (nSPS) is 21.9. The Labute approximate surface area is 376 Å². The van der Waals surface area contributed by atoms with Gasteiger partial charge in [-0.25, -0.2) is 0 Å². The Bertz CT molecular complexity index is 1190. The van der Waals surface area contributed by atoms with Gasteiger partial charge in [0.2, 0.25) is 5.91 Å². The van der Waals surface area contributed by atoms with Crippen molar-refractivity contribution in [2.75, 3.05) is 13.2 Å². The van der Waals surface area contributed by atoms with Crippen LogP contribution < -0.4 is 5.32 Å². The molecule has 11 nitrogen and oxygen atoms in total. The Balaban J connectivity index is 2.42. The predicted octanol–water partition coefficient (Wildman–Crippen LogP) is 8.72. The molecule has 11 heteroatoms. The summed E-state index contributed by atoms with van der Waals surface area (Å²) in [5.74, 6) is -0.724. The minimum atomic E-state index is -1.68. The van der Waals surface area contributed by atoms with E-state index in [0.717, 1.165) is 77.0 Å². The third-order valence-electron chi connectivity index (χ3n) is 11.5. The largest absolute Gasteiger partial charge is 0.394 e. The Kier molecular flexibility index (Phi) is 37.6. The molecule has 1 aliphatic rings. The number of carbonyl (C=O) groups is 1. The van der Waals surface area contributed by atoms with Gasteiger partial charge in [-0.3, -0.25) is 4.79 Å². The predicted molar refractivity (Wildman–Crippen MR) is 251 cm³/mol. The van der Waals surface area contributed by atoms with Gasteiger partial charge in [-0.05, 0) is 89.9 Å². The number of carbonyl (C=O) groups excluding carboxylic acids is 1. The summed E-state index contributed by atoms with van der Waals surface area (Å²) in [6, 6.07) is -1.20. The Morgan fingerprint density at radius 2 is 1.06 bits per heavy atom. The molecule has 360 valence electrons. The van der Waals surface area contributed by atoms with Crippen LogP contribution >= 0.6 is 0 Å². The lowest BCUT2D eigenvalue weighted by atomic mass is 9.98. The lowest BCUT2D eigenvalue weighted by Gasteiger charge is -2.40. The molecular formula is C51H91NO10. The van der Waals surface area contributed by atoms with E-state index in [2.05, 4.69) is 73.8 Å². The second kappa shape index (κ2) is 40.3. The summed E-state index contributed by atoms with van der Waals surface area (Å²) < 4.78 is 11.1. The highest BCUT2D eigenvalue weighted by Crippen LogP contribution is 2.23. The molecule has 1 heterocycles. The molecule has 0 aromatic carbocycles. The molecule has 1 fully saturated rings. The van der Waals surface area contributed by atoms with Crippen LogP contribution in [0.4, 0.5) is 0 Å². The van der Waals surface area contributed by atoms with E-state index in [-0.39, 0.29) is 12.8 Å². The van der Waals surface area contributed by atoms with Crippen LogP contribution in [0.15, 0.2) is 60.8 Å². The van der Waals surface area contributed by atoms with Gasteiger partial charge < -0.3 is 50.5 Å². The molecule has 9 atom stereocenters. The maximum Gasteiger partial charge on any atom is 0.249 e. The van der Waals surface area contributed by atoms with Crippen LogP contribution in [0.1, 0.15) is 187 Å². The minimum Gasteiger partial charge on any atom is -0.394 e. The summed E-state index contributed by atoms with van der Waals surface area (Å²) in [7, 11) is 0. The number of amides is 1. The third-order valence-corrected chi connectivity index (χ3v) is 11.5. The lowest BCUT2D eigenvalue weighted by molar-refractivity contribution is -0.303. The highest BCUT2D eigenvalue weighted by Gasteiger charge is 2.44. The van der Waals surface area contributed by atoms with Crippen molar-refractivity contribution in [3.63, 3.8) is 0 Å².